The minimum Gasteiger partial charge on any atom is -0.497 e. The molecule has 2 aromatic carbocycles. The van der Waals surface area contributed by atoms with Crippen LogP contribution in [-0.2, 0) is 10.0 Å². The van der Waals surface area contributed by atoms with Crippen LogP contribution in [0.2, 0.25) is 0 Å². The third-order valence-corrected chi connectivity index (χ3v) is 6.16. The molecular weight excluding hydrogens is 368 g/mol. The molecule has 0 atom stereocenters. The Bertz CT molecular complexity index is 891. The monoisotopic (exact) mass is 392 g/mol. The van der Waals surface area contributed by atoms with Crippen molar-refractivity contribution in [2.45, 2.75) is 18.7 Å². The van der Waals surface area contributed by atoms with Crippen LogP contribution in [0, 0.1) is 0 Å². The molecule has 0 saturated carbocycles. The number of anilines is 1. The van der Waals surface area contributed by atoms with Gasteiger partial charge < -0.3 is 14.8 Å². The predicted molar refractivity (Wildman–Crippen MR) is 104 cm³/mol. The highest BCUT2D eigenvalue weighted by atomic mass is 32.2. The Balaban J connectivity index is 2.36. The standard InChI is InChI=1S/C19H24N2O5S/c1-5-21(6-2)27(23,24)16-11-12-18(26-4)17(13-16)20-19(22)14-7-9-15(25-3)10-8-14/h7-13H,5-6H2,1-4H3,(H,20,22). The van der Waals surface area contributed by atoms with Gasteiger partial charge in [0, 0.05) is 18.7 Å². The Labute approximate surface area is 160 Å². The molecule has 0 radical (unpaired) electrons. The van der Waals surface area contributed by atoms with Crippen molar-refractivity contribution in [3.05, 3.63) is 48.0 Å². The first kappa shape index (κ1) is 20.7. The number of methoxy groups -OCH3 is 2. The lowest BCUT2D eigenvalue weighted by molar-refractivity contribution is 0.102. The summed E-state index contributed by atoms with van der Waals surface area (Å²) in [5, 5.41) is 2.71. The molecule has 0 heterocycles. The van der Waals surface area contributed by atoms with E-state index in [1.807, 2.05) is 0 Å². The van der Waals surface area contributed by atoms with Crippen molar-refractivity contribution in [1.82, 2.24) is 4.31 Å². The van der Waals surface area contributed by atoms with Crippen LogP contribution in [0.5, 0.6) is 11.5 Å². The number of carbonyl (C=O) groups is 1. The topological polar surface area (TPSA) is 84.9 Å². The molecule has 0 unspecified atom stereocenters. The second-order valence-corrected chi connectivity index (χ2v) is 7.57. The summed E-state index contributed by atoms with van der Waals surface area (Å²) in [4.78, 5) is 12.6. The van der Waals surface area contributed by atoms with Crippen LogP contribution in [-0.4, -0.2) is 45.9 Å². The summed E-state index contributed by atoms with van der Waals surface area (Å²) in [6.07, 6.45) is 0. The normalized spacial score (nSPS) is 11.3. The molecule has 0 bridgehead atoms. The predicted octanol–water partition coefficient (Wildman–Crippen LogP) is 2.99. The third kappa shape index (κ3) is 4.58. The summed E-state index contributed by atoms with van der Waals surface area (Å²) < 4.78 is 37.1. The maximum Gasteiger partial charge on any atom is 0.255 e. The van der Waals surface area contributed by atoms with Gasteiger partial charge in [-0.1, -0.05) is 13.8 Å². The first-order chi connectivity index (χ1) is 12.9. The van der Waals surface area contributed by atoms with Crippen molar-refractivity contribution in [3.8, 4) is 11.5 Å². The molecule has 1 N–H and O–H groups in total. The van der Waals surface area contributed by atoms with Gasteiger partial charge in [-0.05, 0) is 42.5 Å². The van der Waals surface area contributed by atoms with Crippen molar-refractivity contribution in [3.63, 3.8) is 0 Å². The number of nitrogens with one attached hydrogen (secondary N) is 1. The maximum absolute atomic E-state index is 12.7. The van der Waals surface area contributed by atoms with Gasteiger partial charge in [0.1, 0.15) is 11.5 Å². The molecule has 0 aliphatic carbocycles. The lowest BCUT2D eigenvalue weighted by Crippen LogP contribution is -2.30. The molecule has 0 aliphatic heterocycles. The van der Waals surface area contributed by atoms with Gasteiger partial charge in [-0.2, -0.15) is 4.31 Å². The molecule has 0 spiro atoms. The molecule has 8 heteroatoms. The van der Waals surface area contributed by atoms with Crippen molar-refractivity contribution < 1.29 is 22.7 Å². The number of hydrogen-bond acceptors (Lipinski definition) is 5. The zero-order valence-electron chi connectivity index (χ0n) is 15.9. The minimum atomic E-state index is -3.65. The van der Waals surface area contributed by atoms with Crippen molar-refractivity contribution in [2.24, 2.45) is 0 Å². The Hall–Kier alpha value is -2.58. The average molecular weight is 392 g/mol. The molecule has 1 amide bonds. The number of amides is 1. The molecule has 2 rings (SSSR count). The van der Waals surface area contributed by atoms with E-state index in [9.17, 15) is 13.2 Å². The first-order valence-corrected chi connectivity index (χ1v) is 9.95. The average Bonchev–Trinajstić information content (AvgIpc) is 2.68. The molecule has 27 heavy (non-hydrogen) atoms. The molecule has 0 aliphatic rings. The number of hydrogen-bond donors (Lipinski definition) is 1. The lowest BCUT2D eigenvalue weighted by Gasteiger charge is -2.19. The highest BCUT2D eigenvalue weighted by molar-refractivity contribution is 7.89. The van der Waals surface area contributed by atoms with E-state index < -0.39 is 10.0 Å². The van der Waals surface area contributed by atoms with Crippen molar-refractivity contribution >= 4 is 21.6 Å². The number of rotatable bonds is 8. The van der Waals surface area contributed by atoms with Gasteiger partial charge >= 0.3 is 0 Å². The summed E-state index contributed by atoms with van der Waals surface area (Å²) in [5.74, 6) is 0.625. The Morgan fingerprint density at radius 1 is 1.00 bits per heavy atom. The van der Waals surface area contributed by atoms with Gasteiger partial charge in [-0.3, -0.25) is 4.79 Å². The Morgan fingerprint density at radius 3 is 2.15 bits per heavy atom. The number of carbonyl (C=O) groups excluding carboxylic acids is 1. The van der Waals surface area contributed by atoms with Crippen LogP contribution < -0.4 is 14.8 Å². The third-order valence-electron chi connectivity index (χ3n) is 4.11. The van der Waals surface area contributed by atoms with Gasteiger partial charge in [0.15, 0.2) is 0 Å². The Morgan fingerprint density at radius 2 is 1.63 bits per heavy atom. The fourth-order valence-corrected chi connectivity index (χ4v) is 4.08. The second kappa shape index (κ2) is 8.88. The number of ether oxygens (including phenoxy) is 2. The van der Waals surface area contributed by atoms with Crippen LogP contribution in [0.25, 0.3) is 0 Å². The molecule has 146 valence electrons. The highest BCUT2D eigenvalue weighted by Crippen LogP contribution is 2.29. The molecule has 0 aromatic heterocycles. The van der Waals surface area contributed by atoms with Crippen LogP contribution >= 0.6 is 0 Å². The molecule has 7 nitrogen and oxygen atoms in total. The van der Waals surface area contributed by atoms with E-state index >= 15 is 0 Å². The molecular formula is C19H24N2O5S. The summed E-state index contributed by atoms with van der Waals surface area (Å²) in [6.45, 7) is 4.27. The van der Waals surface area contributed by atoms with Gasteiger partial charge in [-0.15, -0.1) is 0 Å². The molecule has 0 fully saturated rings. The number of sulfonamides is 1. The van der Waals surface area contributed by atoms with Crippen LogP contribution in [0.4, 0.5) is 5.69 Å². The second-order valence-electron chi connectivity index (χ2n) is 5.63. The fraction of sp³-hybridized carbons (Fsp3) is 0.316. The van der Waals surface area contributed by atoms with E-state index in [0.717, 1.165) is 0 Å². The first-order valence-electron chi connectivity index (χ1n) is 8.50. The van der Waals surface area contributed by atoms with Crippen LogP contribution in [0.3, 0.4) is 0 Å². The highest BCUT2D eigenvalue weighted by Gasteiger charge is 2.23. The zero-order valence-corrected chi connectivity index (χ0v) is 16.7. The van der Waals surface area contributed by atoms with Gasteiger partial charge in [0.2, 0.25) is 10.0 Å². The summed E-state index contributed by atoms with van der Waals surface area (Å²) in [5.41, 5.74) is 0.696. The van der Waals surface area contributed by atoms with Crippen molar-refractivity contribution in [2.75, 3.05) is 32.6 Å². The summed E-state index contributed by atoms with van der Waals surface area (Å²) >= 11 is 0. The van der Waals surface area contributed by atoms with Crippen LogP contribution in [0.1, 0.15) is 24.2 Å². The van der Waals surface area contributed by atoms with Gasteiger partial charge in [-0.25, -0.2) is 8.42 Å². The smallest absolute Gasteiger partial charge is 0.255 e. The fourth-order valence-electron chi connectivity index (χ4n) is 2.59. The van der Waals surface area contributed by atoms with E-state index in [-0.39, 0.29) is 16.5 Å². The largest absolute Gasteiger partial charge is 0.497 e. The van der Waals surface area contributed by atoms with E-state index in [4.69, 9.17) is 9.47 Å². The number of nitrogens with zero attached hydrogens (tertiary/aromatic N) is 1. The van der Waals surface area contributed by atoms with Gasteiger partial charge in [0.25, 0.3) is 5.91 Å². The van der Waals surface area contributed by atoms with E-state index in [1.54, 1.807) is 45.2 Å². The lowest BCUT2D eigenvalue weighted by atomic mass is 10.2. The van der Waals surface area contributed by atoms with E-state index in [0.29, 0.717) is 30.2 Å². The molecule has 2 aromatic rings. The Kier molecular flexibility index (Phi) is 6.81. The van der Waals surface area contributed by atoms with Crippen LogP contribution in [0.15, 0.2) is 47.4 Å². The van der Waals surface area contributed by atoms with Gasteiger partial charge in [0.05, 0.1) is 24.8 Å². The molecule has 0 saturated heterocycles. The number of benzene rings is 2. The quantitative estimate of drug-likeness (QED) is 0.746. The van der Waals surface area contributed by atoms with E-state index in [2.05, 4.69) is 5.32 Å². The zero-order chi connectivity index (χ0) is 20.0. The maximum atomic E-state index is 12.7. The van der Waals surface area contributed by atoms with E-state index in [1.165, 1.54) is 29.6 Å². The summed E-state index contributed by atoms with van der Waals surface area (Å²) in [6, 6.07) is 11.0. The summed E-state index contributed by atoms with van der Waals surface area (Å²) in [7, 11) is -0.649. The SMILES string of the molecule is CCN(CC)S(=O)(=O)c1ccc(OC)c(NC(=O)c2ccc(OC)cc2)c1. The minimum absolute atomic E-state index is 0.0945. The van der Waals surface area contributed by atoms with Crippen molar-refractivity contribution in [1.29, 1.82) is 0 Å².